The van der Waals surface area contributed by atoms with Crippen molar-refractivity contribution in [1.29, 1.82) is 0 Å². The van der Waals surface area contributed by atoms with Gasteiger partial charge in [0, 0.05) is 16.4 Å². The van der Waals surface area contributed by atoms with Crippen molar-refractivity contribution in [2.45, 2.75) is 38.5 Å². The number of hydrogen-bond acceptors (Lipinski definition) is 3. The van der Waals surface area contributed by atoms with Crippen LogP contribution >= 0.6 is 0 Å². The Morgan fingerprint density at radius 1 is 0.473 bits per heavy atom. The Morgan fingerprint density at radius 3 is 1.71 bits per heavy atom. The molecule has 8 heteroatoms. The van der Waals surface area contributed by atoms with Gasteiger partial charge in [-0.1, -0.05) is 100 Å². The third kappa shape index (κ3) is 3.83. The predicted molar refractivity (Wildman–Crippen MR) is 221 cm³/mol. The molecular formula is C47H36N8. The van der Waals surface area contributed by atoms with Crippen molar-refractivity contribution in [2.24, 2.45) is 0 Å². The summed E-state index contributed by atoms with van der Waals surface area (Å²) in [7, 11) is 0. The van der Waals surface area contributed by atoms with Crippen molar-refractivity contribution in [3.05, 3.63) is 157 Å². The number of hydrogen-bond donors (Lipinski definition) is 0. The zero-order chi connectivity index (χ0) is 36.8. The van der Waals surface area contributed by atoms with Gasteiger partial charge in [0.25, 0.3) is 0 Å². The number of aromatic nitrogens is 8. The van der Waals surface area contributed by atoms with E-state index in [1.54, 1.807) is 0 Å². The summed E-state index contributed by atoms with van der Waals surface area (Å²) in [5.41, 5.74) is 16.1. The Labute approximate surface area is 316 Å². The van der Waals surface area contributed by atoms with Gasteiger partial charge in [-0.2, -0.15) is 5.10 Å². The molecule has 11 aromatic rings. The van der Waals surface area contributed by atoms with Gasteiger partial charge >= 0.3 is 0 Å². The van der Waals surface area contributed by atoms with Gasteiger partial charge in [-0.25, -0.2) is 14.6 Å². The summed E-state index contributed by atoms with van der Waals surface area (Å²) in [4.78, 5) is 10.5. The Morgan fingerprint density at radius 2 is 1.02 bits per heavy atom. The minimum Gasteiger partial charge on any atom is -0.278 e. The summed E-state index contributed by atoms with van der Waals surface area (Å²) in [5, 5.41) is 5.12. The van der Waals surface area contributed by atoms with Crippen molar-refractivity contribution >= 4 is 55.7 Å². The number of para-hydroxylation sites is 6. The van der Waals surface area contributed by atoms with Gasteiger partial charge in [-0.05, 0) is 77.9 Å². The summed E-state index contributed by atoms with van der Waals surface area (Å²) in [6.45, 7) is 9.45. The van der Waals surface area contributed by atoms with E-state index in [1.807, 2.05) is 6.20 Å². The molecule has 1 aliphatic heterocycles. The summed E-state index contributed by atoms with van der Waals surface area (Å²) >= 11 is 0. The molecule has 0 radical (unpaired) electrons. The molecular weight excluding hydrogens is 677 g/mol. The molecule has 0 spiro atoms. The topological polar surface area (TPSA) is 62.3 Å². The molecule has 0 saturated carbocycles. The lowest BCUT2D eigenvalue weighted by molar-refractivity contribution is 0.276. The summed E-state index contributed by atoms with van der Waals surface area (Å²) in [6.07, 6.45) is 2.04. The molecule has 5 aromatic heterocycles. The zero-order valence-electron chi connectivity index (χ0n) is 30.9. The predicted octanol–water partition coefficient (Wildman–Crippen LogP) is 10.6. The largest absolute Gasteiger partial charge is 0.278 e. The Hall–Kier alpha value is -6.93. The smallest absolute Gasteiger partial charge is 0.220 e. The maximum atomic E-state index is 5.28. The monoisotopic (exact) mass is 712 g/mol. The van der Waals surface area contributed by atoms with Crippen molar-refractivity contribution in [1.82, 2.24) is 37.7 Å². The molecule has 0 fully saturated rings. The lowest BCUT2D eigenvalue weighted by atomic mass is 9.59. The Bertz CT molecular complexity index is 3380. The molecule has 0 unspecified atom stereocenters. The first kappa shape index (κ1) is 30.5. The molecule has 0 N–H and O–H groups in total. The van der Waals surface area contributed by atoms with Crippen molar-refractivity contribution in [3.8, 4) is 28.2 Å². The SMILES string of the molecule is CC1(C)c2ccc(-n3c4cc(-n5c6ccccc6n6c7ccccc7nc56)ccc4n4c5ccccc5nc34)cc2-n2ncc(-c3ccccc3)c2C1(C)C. The Kier molecular flexibility index (Phi) is 5.76. The quantitative estimate of drug-likeness (QED) is 0.183. The second kappa shape index (κ2) is 10.4. The van der Waals surface area contributed by atoms with Crippen LogP contribution in [0.15, 0.2) is 146 Å². The van der Waals surface area contributed by atoms with Gasteiger partial charge in [0.05, 0.1) is 73.1 Å². The minimum atomic E-state index is -0.200. The third-order valence-electron chi connectivity index (χ3n) is 12.7. The molecule has 6 aromatic carbocycles. The van der Waals surface area contributed by atoms with E-state index < -0.39 is 0 Å². The normalized spacial score (nSPS) is 14.8. The van der Waals surface area contributed by atoms with E-state index in [4.69, 9.17) is 15.1 Å². The summed E-state index contributed by atoms with van der Waals surface area (Å²) < 4.78 is 11.4. The van der Waals surface area contributed by atoms with Gasteiger partial charge in [0.15, 0.2) is 0 Å². The average molecular weight is 713 g/mol. The number of rotatable bonds is 3. The van der Waals surface area contributed by atoms with Gasteiger partial charge in [-0.15, -0.1) is 0 Å². The molecule has 55 heavy (non-hydrogen) atoms. The Balaban J connectivity index is 1.15. The zero-order valence-corrected chi connectivity index (χ0v) is 30.9. The van der Waals surface area contributed by atoms with Crippen molar-refractivity contribution in [2.75, 3.05) is 0 Å². The van der Waals surface area contributed by atoms with E-state index in [0.29, 0.717) is 0 Å². The van der Waals surface area contributed by atoms with Crippen LogP contribution in [-0.2, 0) is 10.8 Å². The van der Waals surface area contributed by atoms with Crippen LogP contribution in [0.5, 0.6) is 0 Å². The highest BCUT2D eigenvalue weighted by atomic mass is 15.3. The molecule has 8 nitrogen and oxygen atoms in total. The fraction of sp³-hybridized carbons (Fsp3) is 0.128. The van der Waals surface area contributed by atoms with Gasteiger partial charge in [0.2, 0.25) is 11.6 Å². The van der Waals surface area contributed by atoms with Crippen molar-refractivity contribution < 1.29 is 0 Å². The van der Waals surface area contributed by atoms with Crippen LogP contribution in [-0.4, -0.2) is 37.7 Å². The molecule has 12 rings (SSSR count). The molecule has 0 atom stereocenters. The van der Waals surface area contributed by atoms with Gasteiger partial charge in [0.1, 0.15) is 0 Å². The first-order chi connectivity index (χ1) is 26.8. The number of nitrogens with zero attached hydrogens (tertiary/aromatic N) is 8. The number of benzene rings is 6. The second-order valence-corrected chi connectivity index (χ2v) is 15.9. The van der Waals surface area contributed by atoms with E-state index in [-0.39, 0.29) is 10.8 Å². The molecule has 0 saturated heterocycles. The third-order valence-corrected chi connectivity index (χ3v) is 12.7. The molecule has 264 valence electrons. The maximum absolute atomic E-state index is 5.28. The standard InChI is InChI=1S/C47H36N8/c1-46(2)33-24-22-30(26-41(33)55-43(47(46,3)4)32(28-48-55)29-14-6-5-7-15-29)52-42-27-31(23-25-40(42)54-37-19-11-9-17-35(37)50-45(52)54)51-38-20-12-13-21-39(38)53-36-18-10-8-16-34(36)49-44(51)53/h5-28H,1-4H3. The average Bonchev–Trinajstić information content (AvgIpc) is 4.02. The van der Waals surface area contributed by atoms with Crippen LogP contribution in [0.4, 0.5) is 0 Å². The van der Waals surface area contributed by atoms with Gasteiger partial charge < -0.3 is 0 Å². The fourth-order valence-electron chi connectivity index (χ4n) is 9.34. The molecule has 6 heterocycles. The first-order valence-electron chi connectivity index (χ1n) is 18.9. The van der Waals surface area contributed by atoms with Crippen LogP contribution in [0.25, 0.3) is 83.9 Å². The van der Waals surface area contributed by atoms with Crippen LogP contribution < -0.4 is 0 Å². The highest BCUT2D eigenvalue weighted by Gasteiger charge is 2.48. The highest BCUT2D eigenvalue weighted by molar-refractivity contribution is 5.95. The van der Waals surface area contributed by atoms with E-state index in [0.717, 1.165) is 72.8 Å². The first-order valence-corrected chi connectivity index (χ1v) is 18.9. The maximum Gasteiger partial charge on any atom is 0.220 e. The van der Waals surface area contributed by atoms with E-state index in [9.17, 15) is 0 Å². The van der Waals surface area contributed by atoms with Crippen LogP contribution in [0.2, 0.25) is 0 Å². The fourth-order valence-corrected chi connectivity index (χ4v) is 9.34. The minimum absolute atomic E-state index is 0.182. The van der Waals surface area contributed by atoms with Crippen LogP contribution in [0, 0.1) is 0 Å². The lowest BCUT2D eigenvalue weighted by Crippen LogP contribution is -2.46. The van der Waals surface area contributed by atoms with Crippen LogP contribution in [0.1, 0.15) is 39.0 Å². The van der Waals surface area contributed by atoms with E-state index in [2.05, 4.69) is 190 Å². The number of fused-ring (bicyclic) bond motifs is 13. The van der Waals surface area contributed by atoms with E-state index in [1.165, 1.54) is 22.4 Å². The molecule has 0 amide bonds. The highest BCUT2D eigenvalue weighted by Crippen LogP contribution is 2.52. The molecule has 0 bridgehead atoms. The van der Waals surface area contributed by atoms with Gasteiger partial charge in [-0.3, -0.25) is 17.9 Å². The summed E-state index contributed by atoms with van der Waals surface area (Å²) in [6, 6.07) is 49.6. The second-order valence-electron chi connectivity index (χ2n) is 15.9. The lowest BCUT2D eigenvalue weighted by Gasteiger charge is -2.47. The van der Waals surface area contributed by atoms with Crippen LogP contribution in [0.3, 0.4) is 0 Å². The van der Waals surface area contributed by atoms with Crippen molar-refractivity contribution in [3.63, 3.8) is 0 Å². The number of imidazole rings is 4. The summed E-state index contributed by atoms with van der Waals surface area (Å²) in [5.74, 6) is 1.75. The molecule has 0 aliphatic carbocycles. The van der Waals surface area contributed by atoms with E-state index >= 15 is 0 Å². The molecule has 1 aliphatic rings.